The molecule has 2 N–H and O–H groups in total. The van der Waals surface area contributed by atoms with Crippen LogP contribution in [0.1, 0.15) is 52.4 Å². The number of nitrogens with one attached hydrogen (secondary N) is 2. The molecule has 1 aliphatic heterocycles. The lowest BCUT2D eigenvalue weighted by Gasteiger charge is -2.33. The maximum absolute atomic E-state index is 12.4. The van der Waals surface area contributed by atoms with E-state index in [1.165, 1.54) is 25.7 Å². The lowest BCUT2D eigenvalue weighted by Crippen LogP contribution is -2.50. The van der Waals surface area contributed by atoms with Crippen molar-refractivity contribution in [3.63, 3.8) is 0 Å². The van der Waals surface area contributed by atoms with Crippen LogP contribution in [0.4, 0.5) is 4.79 Å². The molecule has 1 atom stereocenters. The summed E-state index contributed by atoms with van der Waals surface area (Å²) in [5, 5.41) is 6.65. The predicted molar refractivity (Wildman–Crippen MR) is 78.2 cm³/mol. The lowest BCUT2D eigenvalue weighted by atomic mass is 9.98. The van der Waals surface area contributed by atoms with Crippen molar-refractivity contribution in [3.8, 4) is 0 Å². The van der Waals surface area contributed by atoms with E-state index < -0.39 is 0 Å². The van der Waals surface area contributed by atoms with Gasteiger partial charge in [0.15, 0.2) is 0 Å². The molecule has 0 spiro atoms. The first-order chi connectivity index (χ1) is 9.16. The highest BCUT2D eigenvalue weighted by Gasteiger charge is 2.25. The number of rotatable bonds is 4. The first-order valence-electron chi connectivity index (χ1n) is 7.94. The van der Waals surface area contributed by atoms with Gasteiger partial charge in [0, 0.05) is 18.6 Å². The summed E-state index contributed by atoms with van der Waals surface area (Å²) in [5.41, 5.74) is 0. The molecule has 110 valence electrons. The maximum atomic E-state index is 12.4. The lowest BCUT2D eigenvalue weighted by molar-refractivity contribution is 0.160. The van der Waals surface area contributed by atoms with Crippen LogP contribution in [-0.4, -0.2) is 42.6 Å². The minimum atomic E-state index is 0.146. The Balaban J connectivity index is 1.84. The van der Waals surface area contributed by atoms with Gasteiger partial charge < -0.3 is 15.5 Å². The zero-order valence-electron chi connectivity index (χ0n) is 12.5. The summed E-state index contributed by atoms with van der Waals surface area (Å²) in [5.74, 6) is 0.616. The molecule has 4 heteroatoms. The second-order valence-electron chi connectivity index (χ2n) is 6.39. The number of carbonyl (C=O) groups is 1. The van der Waals surface area contributed by atoms with Gasteiger partial charge in [-0.3, -0.25) is 0 Å². The number of hydrogen-bond acceptors (Lipinski definition) is 2. The second-order valence-corrected chi connectivity index (χ2v) is 6.39. The van der Waals surface area contributed by atoms with Crippen molar-refractivity contribution in [2.45, 2.75) is 64.5 Å². The largest absolute Gasteiger partial charge is 0.335 e. The van der Waals surface area contributed by atoms with Crippen LogP contribution in [0.25, 0.3) is 0 Å². The molecule has 0 radical (unpaired) electrons. The third-order valence-corrected chi connectivity index (χ3v) is 4.42. The van der Waals surface area contributed by atoms with E-state index in [1.807, 2.05) is 4.90 Å². The zero-order chi connectivity index (χ0) is 13.7. The van der Waals surface area contributed by atoms with Crippen LogP contribution in [0.15, 0.2) is 0 Å². The van der Waals surface area contributed by atoms with Crippen LogP contribution >= 0.6 is 0 Å². The van der Waals surface area contributed by atoms with E-state index in [0.717, 1.165) is 32.5 Å². The topological polar surface area (TPSA) is 44.4 Å². The molecule has 1 heterocycles. The average molecular weight is 267 g/mol. The van der Waals surface area contributed by atoms with E-state index in [1.54, 1.807) is 0 Å². The van der Waals surface area contributed by atoms with E-state index >= 15 is 0 Å². The summed E-state index contributed by atoms with van der Waals surface area (Å²) in [6, 6.07) is 0.842. The van der Waals surface area contributed by atoms with E-state index in [-0.39, 0.29) is 12.1 Å². The number of carbonyl (C=O) groups excluding carboxylic acids is 1. The highest BCUT2D eigenvalue weighted by atomic mass is 16.2. The zero-order valence-corrected chi connectivity index (χ0v) is 12.5. The molecule has 2 fully saturated rings. The fourth-order valence-electron chi connectivity index (χ4n) is 3.21. The monoisotopic (exact) mass is 267 g/mol. The third kappa shape index (κ3) is 4.37. The Hall–Kier alpha value is -0.770. The Morgan fingerprint density at radius 1 is 1.26 bits per heavy atom. The van der Waals surface area contributed by atoms with Gasteiger partial charge in [0.25, 0.3) is 0 Å². The maximum Gasteiger partial charge on any atom is 0.317 e. The van der Waals surface area contributed by atoms with Crippen LogP contribution in [0, 0.1) is 5.92 Å². The summed E-state index contributed by atoms with van der Waals surface area (Å²) < 4.78 is 0. The molecule has 0 bridgehead atoms. The molecule has 0 aromatic rings. The fourth-order valence-corrected chi connectivity index (χ4v) is 3.21. The fraction of sp³-hybridized carbons (Fsp3) is 0.933. The quantitative estimate of drug-likeness (QED) is 0.821. The van der Waals surface area contributed by atoms with Crippen molar-refractivity contribution in [2.24, 2.45) is 5.92 Å². The molecule has 2 aliphatic rings. The Morgan fingerprint density at radius 2 is 2.00 bits per heavy atom. The summed E-state index contributed by atoms with van der Waals surface area (Å²) in [6.45, 7) is 7.31. The summed E-state index contributed by atoms with van der Waals surface area (Å²) in [4.78, 5) is 14.4. The Kier molecular flexibility index (Phi) is 5.49. The molecule has 1 aliphatic carbocycles. The van der Waals surface area contributed by atoms with Gasteiger partial charge in [0.1, 0.15) is 0 Å². The van der Waals surface area contributed by atoms with Crippen LogP contribution in [0.5, 0.6) is 0 Å². The van der Waals surface area contributed by atoms with Gasteiger partial charge in [-0.25, -0.2) is 4.79 Å². The summed E-state index contributed by atoms with van der Waals surface area (Å²) in [7, 11) is 0. The minimum Gasteiger partial charge on any atom is -0.335 e. The van der Waals surface area contributed by atoms with Crippen LogP contribution in [0.3, 0.4) is 0 Å². The number of amides is 2. The molecular formula is C15H29N3O. The third-order valence-electron chi connectivity index (χ3n) is 4.42. The molecule has 1 saturated heterocycles. The number of piperidine rings is 1. The Labute approximate surface area is 117 Å². The highest BCUT2D eigenvalue weighted by Crippen LogP contribution is 2.19. The molecule has 1 saturated carbocycles. The average Bonchev–Trinajstić information content (AvgIpc) is 2.89. The summed E-state index contributed by atoms with van der Waals surface area (Å²) >= 11 is 0. The van der Waals surface area contributed by atoms with E-state index in [2.05, 4.69) is 24.5 Å². The smallest absolute Gasteiger partial charge is 0.317 e. The van der Waals surface area contributed by atoms with Crippen molar-refractivity contribution in [1.82, 2.24) is 15.5 Å². The van der Waals surface area contributed by atoms with E-state index in [9.17, 15) is 4.79 Å². The first-order valence-corrected chi connectivity index (χ1v) is 7.94. The number of urea groups is 1. The minimum absolute atomic E-state index is 0.146. The normalized spacial score (nSPS) is 24.7. The predicted octanol–water partition coefficient (Wildman–Crippen LogP) is 2.35. The molecule has 19 heavy (non-hydrogen) atoms. The molecule has 2 amide bonds. The standard InChI is InChI=1S/C15H29N3O/c1-12(2)18(11-13-6-5-9-16-10-13)15(19)17-14-7-3-4-8-14/h12-14,16H,3-11H2,1-2H3,(H,17,19). The number of hydrogen-bond donors (Lipinski definition) is 2. The second kappa shape index (κ2) is 7.13. The SMILES string of the molecule is CC(C)N(CC1CCCNC1)C(=O)NC1CCCC1. The Bertz CT molecular complexity index is 281. The van der Waals surface area contributed by atoms with E-state index in [0.29, 0.717) is 12.0 Å². The van der Waals surface area contributed by atoms with Gasteiger partial charge in [-0.1, -0.05) is 12.8 Å². The van der Waals surface area contributed by atoms with Crippen LogP contribution in [0.2, 0.25) is 0 Å². The van der Waals surface area contributed by atoms with Crippen LogP contribution in [-0.2, 0) is 0 Å². The molecule has 0 aromatic heterocycles. The van der Waals surface area contributed by atoms with Crippen molar-refractivity contribution < 1.29 is 4.79 Å². The van der Waals surface area contributed by atoms with Crippen molar-refractivity contribution >= 4 is 6.03 Å². The summed E-state index contributed by atoms with van der Waals surface area (Å²) in [6.07, 6.45) is 7.32. The number of nitrogens with zero attached hydrogens (tertiary/aromatic N) is 1. The van der Waals surface area contributed by atoms with Crippen molar-refractivity contribution in [2.75, 3.05) is 19.6 Å². The van der Waals surface area contributed by atoms with E-state index in [4.69, 9.17) is 0 Å². The molecule has 4 nitrogen and oxygen atoms in total. The van der Waals surface area contributed by atoms with Gasteiger partial charge in [0.05, 0.1) is 0 Å². The first kappa shape index (κ1) is 14.6. The molecule has 0 aromatic carbocycles. The molecule has 1 unspecified atom stereocenters. The molecular weight excluding hydrogens is 238 g/mol. The van der Waals surface area contributed by atoms with Crippen molar-refractivity contribution in [3.05, 3.63) is 0 Å². The van der Waals surface area contributed by atoms with Crippen molar-refractivity contribution in [1.29, 1.82) is 0 Å². The van der Waals surface area contributed by atoms with Gasteiger partial charge in [-0.2, -0.15) is 0 Å². The van der Waals surface area contributed by atoms with Gasteiger partial charge in [-0.15, -0.1) is 0 Å². The van der Waals surface area contributed by atoms with Gasteiger partial charge in [-0.05, 0) is 58.5 Å². The van der Waals surface area contributed by atoms with Gasteiger partial charge >= 0.3 is 6.03 Å². The highest BCUT2D eigenvalue weighted by molar-refractivity contribution is 5.74. The van der Waals surface area contributed by atoms with Crippen LogP contribution < -0.4 is 10.6 Å². The Morgan fingerprint density at radius 3 is 2.58 bits per heavy atom. The molecule has 2 rings (SSSR count). The van der Waals surface area contributed by atoms with Gasteiger partial charge in [0.2, 0.25) is 0 Å².